The number of nitrogens with zero attached hydrogens (tertiary/aromatic N) is 1. The van der Waals surface area contributed by atoms with Gasteiger partial charge < -0.3 is 10.2 Å². The maximum absolute atomic E-state index is 13.9. The fourth-order valence-electron chi connectivity index (χ4n) is 2.98. The summed E-state index contributed by atoms with van der Waals surface area (Å²) >= 11 is 0. The zero-order chi connectivity index (χ0) is 16.4. The number of anilines is 2. The summed E-state index contributed by atoms with van der Waals surface area (Å²) in [5, 5.41) is 2.83. The molecule has 4 heteroatoms. The van der Waals surface area contributed by atoms with Crippen molar-refractivity contribution >= 4 is 17.3 Å². The minimum atomic E-state index is -0.328. The third-order valence-electron chi connectivity index (χ3n) is 4.25. The molecule has 2 aromatic carbocycles. The first-order chi connectivity index (χ1) is 11.0. The Labute approximate surface area is 136 Å². The topological polar surface area (TPSA) is 32.3 Å². The van der Waals surface area contributed by atoms with Crippen molar-refractivity contribution in [3.8, 4) is 0 Å². The largest absolute Gasteiger partial charge is 0.371 e. The monoisotopic (exact) mass is 312 g/mol. The summed E-state index contributed by atoms with van der Waals surface area (Å²) in [4.78, 5) is 14.6. The maximum Gasteiger partial charge on any atom is 0.255 e. The Bertz CT molecular complexity index is 736. The van der Waals surface area contributed by atoms with E-state index < -0.39 is 0 Å². The molecule has 0 spiro atoms. The second kappa shape index (κ2) is 6.41. The van der Waals surface area contributed by atoms with Gasteiger partial charge in [0.2, 0.25) is 0 Å². The molecule has 0 aliphatic carbocycles. The molecule has 23 heavy (non-hydrogen) atoms. The Morgan fingerprint density at radius 2 is 1.83 bits per heavy atom. The van der Waals surface area contributed by atoms with E-state index in [1.807, 2.05) is 38.1 Å². The van der Waals surface area contributed by atoms with Crippen LogP contribution in [0.4, 0.5) is 15.8 Å². The van der Waals surface area contributed by atoms with E-state index in [1.54, 1.807) is 0 Å². The van der Waals surface area contributed by atoms with Crippen LogP contribution in [-0.2, 0) is 0 Å². The molecular weight excluding hydrogens is 291 g/mol. The lowest BCUT2D eigenvalue weighted by molar-refractivity contribution is 0.102. The van der Waals surface area contributed by atoms with E-state index in [2.05, 4.69) is 10.2 Å². The van der Waals surface area contributed by atoms with Gasteiger partial charge in [0.05, 0.1) is 0 Å². The van der Waals surface area contributed by atoms with Crippen molar-refractivity contribution in [2.24, 2.45) is 0 Å². The van der Waals surface area contributed by atoms with E-state index in [-0.39, 0.29) is 11.7 Å². The average molecular weight is 312 g/mol. The van der Waals surface area contributed by atoms with Crippen LogP contribution in [0.2, 0.25) is 0 Å². The number of hydrogen-bond donors (Lipinski definition) is 1. The number of halogens is 1. The summed E-state index contributed by atoms with van der Waals surface area (Å²) in [6.45, 7) is 5.72. The van der Waals surface area contributed by atoms with Gasteiger partial charge in [-0.05, 0) is 56.5 Å². The Balaban J connectivity index is 1.84. The van der Waals surface area contributed by atoms with Gasteiger partial charge >= 0.3 is 0 Å². The predicted octanol–water partition coefficient (Wildman–Crippen LogP) is 4.30. The molecule has 1 heterocycles. The van der Waals surface area contributed by atoms with Crippen LogP contribution in [0.5, 0.6) is 0 Å². The number of hydrogen-bond acceptors (Lipinski definition) is 2. The summed E-state index contributed by atoms with van der Waals surface area (Å²) < 4.78 is 13.9. The predicted molar refractivity (Wildman–Crippen MR) is 91.7 cm³/mol. The van der Waals surface area contributed by atoms with Gasteiger partial charge in [0.1, 0.15) is 5.82 Å². The maximum atomic E-state index is 13.9. The van der Waals surface area contributed by atoms with Crippen molar-refractivity contribution in [3.05, 3.63) is 58.9 Å². The van der Waals surface area contributed by atoms with Gasteiger partial charge in [-0.25, -0.2) is 4.39 Å². The zero-order valence-corrected chi connectivity index (χ0v) is 13.5. The van der Waals surface area contributed by atoms with Crippen molar-refractivity contribution in [2.75, 3.05) is 23.3 Å². The molecule has 1 aliphatic rings. The summed E-state index contributed by atoms with van der Waals surface area (Å²) in [6, 6.07) is 10.5. The molecule has 1 fully saturated rings. The summed E-state index contributed by atoms with van der Waals surface area (Å²) in [6.07, 6.45) is 2.25. The van der Waals surface area contributed by atoms with E-state index >= 15 is 0 Å². The van der Waals surface area contributed by atoms with Crippen LogP contribution in [0.1, 0.15) is 34.3 Å². The van der Waals surface area contributed by atoms with E-state index in [4.69, 9.17) is 0 Å². The lowest BCUT2D eigenvalue weighted by Gasteiger charge is -2.19. The molecule has 0 unspecified atom stereocenters. The normalized spacial score (nSPS) is 14.1. The average Bonchev–Trinajstić information content (AvgIpc) is 3.03. The molecule has 3 nitrogen and oxygen atoms in total. The van der Waals surface area contributed by atoms with Crippen LogP contribution in [0.25, 0.3) is 0 Å². The molecule has 0 radical (unpaired) electrons. The lowest BCUT2D eigenvalue weighted by Crippen LogP contribution is -2.19. The van der Waals surface area contributed by atoms with Gasteiger partial charge in [-0.1, -0.05) is 17.7 Å². The van der Waals surface area contributed by atoms with Crippen LogP contribution in [0.15, 0.2) is 36.4 Å². The second-order valence-electron chi connectivity index (χ2n) is 6.16. The zero-order valence-electron chi connectivity index (χ0n) is 13.5. The smallest absolute Gasteiger partial charge is 0.255 e. The van der Waals surface area contributed by atoms with Gasteiger partial charge in [-0.2, -0.15) is 0 Å². The highest BCUT2D eigenvalue weighted by molar-refractivity contribution is 6.05. The Hall–Kier alpha value is -2.36. The van der Waals surface area contributed by atoms with Crippen LogP contribution < -0.4 is 10.2 Å². The molecule has 2 aromatic rings. The third kappa shape index (κ3) is 3.52. The molecule has 0 bridgehead atoms. The van der Waals surface area contributed by atoms with Crippen LogP contribution >= 0.6 is 0 Å². The second-order valence-corrected chi connectivity index (χ2v) is 6.16. The number of aryl methyl sites for hydroxylation is 2. The molecule has 1 N–H and O–H groups in total. The molecule has 0 saturated carbocycles. The van der Waals surface area contributed by atoms with E-state index in [9.17, 15) is 9.18 Å². The van der Waals surface area contributed by atoms with Crippen molar-refractivity contribution in [1.29, 1.82) is 0 Å². The molecule has 1 saturated heterocycles. The van der Waals surface area contributed by atoms with Crippen molar-refractivity contribution in [1.82, 2.24) is 0 Å². The van der Waals surface area contributed by atoms with Crippen LogP contribution in [-0.4, -0.2) is 19.0 Å². The number of benzene rings is 2. The van der Waals surface area contributed by atoms with E-state index in [0.717, 1.165) is 42.7 Å². The first kappa shape index (κ1) is 15.5. The Morgan fingerprint density at radius 3 is 2.57 bits per heavy atom. The highest BCUT2D eigenvalue weighted by atomic mass is 19.1. The molecule has 0 atom stereocenters. The quantitative estimate of drug-likeness (QED) is 0.916. The SMILES string of the molecule is Cc1ccc(C)c(C(=O)Nc2cc(F)cc(N3CCCC3)c2)c1. The van der Waals surface area contributed by atoms with Gasteiger partial charge in [0.15, 0.2) is 0 Å². The first-order valence-electron chi connectivity index (χ1n) is 7.97. The highest BCUT2D eigenvalue weighted by Gasteiger charge is 2.15. The van der Waals surface area contributed by atoms with Gasteiger partial charge in [-0.3, -0.25) is 4.79 Å². The van der Waals surface area contributed by atoms with Gasteiger partial charge in [0, 0.05) is 30.0 Å². The Morgan fingerprint density at radius 1 is 1.09 bits per heavy atom. The summed E-state index contributed by atoms with van der Waals surface area (Å²) in [5.41, 5.74) is 3.88. The number of amides is 1. The fraction of sp³-hybridized carbons (Fsp3) is 0.316. The molecule has 3 rings (SSSR count). The standard InChI is InChI=1S/C19H21FN2O/c1-13-5-6-14(2)18(9-13)19(23)21-16-10-15(20)11-17(12-16)22-7-3-4-8-22/h5-6,9-12H,3-4,7-8H2,1-2H3,(H,21,23). The van der Waals surface area contributed by atoms with Crippen LogP contribution in [0.3, 0.4) is 0 Å². The molecule has 0 aromatic heterocycles. The summed E-state index contributed by atoms with van der Waals surface area (Å²) in [7, 11) is 0. The van der Waals surface area contributed by atoms with E-state index in [0.29, 0.717) is 11.3 Å². The minimum Gasteiger partial charge on any atom is -0.371 e. The molecular formula is C19H21FN2O. The molecule has 1 amide bonds. The minimum absolute atomic E-state index is 0.204. The fourth-order valence-corrected chi connectivity index (χ4v) is 2.98. The number of carbonyl (C=O) groups is 1. The lowest BCUT2D eigenvalue weighted by atomic mass is 10.0. The van der Waals surface area contributed by atoms with Crippen molar-refractivity contribution in [3.63, 3.8) is 0 Å². The van der Waals surface area contributed by atoms with E-state index in [1.165, 1.54) is 12.1 Å². The van der Waals surface area contributed by atoms with Crippen molar-refractivity contribution in [2.45, 2.75) is 26.7 Å². The Kier molecular flexibility index (Phi) is 4.33. The van der Waals surface area contributed by atoms with Crippen molar-refractivity contribution < 1.29 is 9.18 Å². The third-order valence-corrected chi connectivity index (χ3v) is 4.25. The number of nitrogens with one attached hydrogen (secondary N) is 1. The number of rotatable bonds is 3. The summed E-state index contributed by atoms with van der Waals surface area (Å²) in [5.74, 6) is -0.533. The highest BCUT2D eigenvalue weighted by Crippen LogP contribution is 2.25. The molecule has 1 aliphatic heterocycles. The van der Waals surface area contributed by atoms with Gasteiger partial charge in [0.25, 0.3) is 5.91 Å². The molecule has 120 valence electrons. The van der Waals surface area contributed by atoms with Gasteiger partial charge in [-0.15, -0.1) is 0 Å². The number of carbonyl (C=O) groups excluding carboxylic acids is 1. The van der Waals surface area contributed by atoms with Crippen LogP contribution in [0, 0.1) is 19.7 Å². The first-order valence-corrected chi connectivity index (χ1v) is 7.97.